The number of aromatic amines is 2. The number of imidazole rings is 2. The molecule has 384 valence electrons. The first kappa shape index (κ1) is 48.6. The number of hydrogen-bond acceptors (Lipinski definition) is 10. The molecule has 18 heteroatoms. The summed E-state index contributed by atoms with van der Waals surface area (Å²) in [7, 11) is 4.09. The Morgan fingerprint density at radius 2 is 1.20 bits per heavy atom. The van der Waals surface area contributed by atoms with Gasteiger partial charge in [0.25, 0.3) is 0 Å². The number of ether oxygens (including phenoxy) is 2. The van der Waals surface area contributed by atoms with Gasteiger partial charge in [0.15, 0.2) is 0 Å². The van der Waals surface area contributed by atoms with Crippen LogP contribution in [0.4, 0.5) is 9.59 Å². The molecule has 0 radical (unpaired) electrons. The molecule has 3 fully saturated rings. The van der Waals surface area contributed by atoms with Crippen LogP contribution in [0.15, 0.2) is 97.3 Å². The lowest BCUT2D eigenvalue weighted by Gasteiger charge is -2.34. The first-order chi connectivity index (χ1) is 36.1. The maximum absolute atomic E-state index is 14.5. The number of likely N-dealkylation sites (tertiary alicyclic amines) is 1. The van der Waals surface area contributed by atoms with Crippen molar-refractivity contribution in [2.75, 3.05) is 79.5 Å². The van der Waals surface area contributed by atoms with E-state index >= 15 is 0 Å². The molecular weight excluding hydrogens is 937 g/mol. The van der Waals surface area contributed by atoms with Gasteiger partial charge in [-0.1, -0.05) is 67.6 Å². The number of amides is 6. The summed E-state index contributed by atoms with van der Waals surface area (Å²) in [5, 5.41) is 6.16. The summed E-state index contributed by atoms with van der Waals surface area (Å²) < 4.78 is 13.1. The Bertz CT molecular complexity index is 2970. The molecule has 3 atom stereocenters. The van der Waals surface area contributed by atoms with Gasteiger partial charge in [0.05, 0.1) is 36.4 Å². The van der Waals surface area contributed by atoms with Crippen LogP contribution in [0.25, 0.3) is 33.6 Å². The summed E-state index contributed by atoms with van der Waals surface area (Å²) in [6, 6.07) is 24.7. The highest BCUT2D eigenvalue weighted by molar-refractivity contribution is 5.91. The van der Waals surface area contributed by atoms with Gasteiger partial charge in [-0.25, -0.2) is 19.6 Å². The normalized spacial score (nSPS) is 18.2. The molecule has 18 nitrogen and oxygen atoms in total. The SMILES string of the molecule is CCCN(Cc1ncc(-c2cc3c4c(c2)OCc2cc(-c5cnc([C@@H]6CCCN6C(=O)[C@H](NC(=O)N6CCN(C)CC6)c6ccccc6)[nH]5)cc(c2-4)OC3)[nH]1)C(=O)[C@H](NC(=O)N1CCN(C)CC1)c1ccccc1. The second-order valence-corrected chi connectivity index (χ2v) is 20.1. The number of benzene rings is 4. The highest BCUT2D eigenvalue weighted by Crippen LogP contribution is 2.51. The zero-order valence-corrected chi connectivity index (χ0v) is 42.3. The lowest BCUT2D eigenvalue weighted by Crippen LogP contribution is -2.53. The number of carbonyl (C=O) groups is 4. The minimum absolute atomic E-state index is 0.156. The van der Waals surface area contributed by atoms with Gasteiger partial charge in [0, 0.05) is 98.8 Å². The lowest BCUT2D eigenvalue weighted by molar-refractivity contribution is -0.135. The van der Waals surface area contributed by atoms with Gasteiger partial charge in [-0.15, -0.1) is 0 Å². The quantitative estimate of drug-likeness (QED) is 0.0968. The van der Waals surface area contributed by atoms with Crippen LogP contribution in [0.5, 0.6) is 11.5 Å². The standard InChI is InChI=1S/C56H64N12O6/c1-4-17-67(53(69)50(36-12-7-5-8-13-36)61-55(71)65-23-19-63(2)20-24-65)33-47-57-31-42(59-47)38-27-40-34-74-46-30-39(28-41-35-73-45(29-38)48(40)49(41)46)43-32-58-52(60-43)44-16-11-18-68(44)54(70)51(37-14-9-6-10-15-37)62-56(72)66-25-21-64(3)22-26-66/h5-10,12-15,27-32,44,50-51H,4,11,16-26,33-35H2,1-3H3,(H,57,59)(H,58,60)(H,61,71)(H,62,72)/t44-,50+,51+/m0/s1. The van der Waals surface area contributed by atoms with Gasteiger partial charge in [0.1, 0.15) is 48.4 Å². The zero-order chi connectivity index (χ0) is 50.9. The van der Waals surface area contributed by atoms with E-state index in [-0.39, 0.29) is 36.5 Å². The van der Waals surface area contributed by atoms with Crippen molar-refractivity contribution in [3.63, 3.8) is 0 Å². The highest BCUT2D eigenvalue weighted by Gasteiger charge is 2.39. The molecule has 5 aliphatic heterocycles. The van der Waals surface area contributed by atoms with Crippen molar-refractivity contribution in [3.8, 4) is 45.1 Å². The molecule has 0 saturated carbocycles. The summed E-state index contributed by atoms with van der Waals surface area (Å²) in [5.74, 6) is 2.48. The molecule has 6 aromatic rings. The minimum Gasteiger partial charge on any atom is -0.488 e. The molecule has 7 heterocycles. The van der Waals surface area contributed by atoms with E-state index < -0.39 is 12.1 Å². The molecule has 5 aliphatic rings. The van der Waals surface area contributed by atoms with Crippen LogP contribution in [-0.4, -0.2) is 153 Å². The number of likely N-dealkylation sites (N-methyl/N-ethyl adjacent to an activating group) is 2. The average molecular weight is 1000 g/mol. The fourth-order valence-electron chi connectivity index (χ4n) is 10.9. The van der Waals surface area contributed by atoms with Crippen molar-refractivity contribution in [1.82, 2.24) is 60.0 Å². The van der Waals surface area contributed by atoms with Gasteiger partial charge in [-0.3, -0.25) is 9.59 Å². The van der Waals surface area contributed by atoms with Crippen LogP contribution >= 0.6 is 0 Å². The summed E-state index contributed by atoms with van der Waals surface area (Å²) in [6.07, 6.45) is 5.88. The fourth-order valence-corrected chi connectivity index (χ4v) is 10.9. The van der Waals surface area contributed by atoms with Gasteiger partial charge >= 0.3 is 12.1 Å². The Balaban J connectivity index is 0.792. The van der Waals surface area contributed by atoms with E-state index in [0.717, 1.165) is 113 Å². The number of nitrogens with zero attached hydrogens (tertiary/aromatic N) is 8. The first-order valence-corrected chi connectivity index (χ1v) is 25.9. The van der Waals surface area contributed by atoms with E-state index in [0.29, 0.717) is 64.1 Å². The largest absolute Gasteiger partial charge is 0.488 e. The number of hydrogen-bond donors (Lipinski definition) is 4. The van der Waals surface area contributed by atoms with Crippen LogP contribution < -0.4 is 20.1 Å². The van der Waals surface area contributed by atoms with E-state index in [2.05, 4.69) is 42.5 Å². The molecule has 2 aromatic heterocycles. The minimum atomic E-state index is -0.857. The average Bonchev–Trinajstić information content (AvgIpc) is 4.24. The monoisotopic (exact) mass is 1000 g/mol. The first-order valence-electron chi connectivity index (χ1n) is 25.9. The molecule has 3 saturated heterocycles. The van der Waals surface area contributed by atoms with Gasteiger partial charge < -0.3 is 59.5 Å². The van der Waals surface area contributed by atoms with Crippen molar-refractivity contribution in [3.05, 3.63) is 131 Å². The molecular formula is C56H64N12O6. The molecule has 11 rings (SSSR count). The maximum atomic E-state index is 14.5. The number of urea groups is 2. The lowest BCUT2D eigenvalue weighted by atomic mass is 9.87. The third-order valence-electron chi connectivity index (χ3n) is 15.1. The summed E-state index contributed by atoms with van der Waals surface area (Å²) >= 11 is 0. The molecule has 0 unspecified atom stereocenters. The Labute approximate surface area is 431 Å². The topological polar surface area (TPSA) is 188 Å². The van der Waals surface area contributed by atoms with Crippen LogP contribution in [0, 0.1) is 0 Å². The maximum Gasteiger partial charge on any atom is 0.318 e. The van der Waals surface area contributed by atoms with Crippen molar-refractivity contribution in [2.45, 2.75) is 64.1 Å². The van der Waals surface area contributed by atoms with Crippen LogP contribution in [0.1, 0.15) is 78.2 Å². The van der Waals surface area contributed by atoms with Crippen LogP contribution in [0.3, 0.4) is 0 Å². The van der Waals surface area contributed by atoms with E-state index in [4.69, 9.17) is 19.4 Å². The molecule has 74 heavy (non-hydrogen) atoms. The second-order valence-electron chi connectivity index (χ2n) is 20.1. The Morgan fingerprint density at radius 3 is 1.77 bits per heavy atom. The Kier molecular flexibility index (Phi) is 13.8. The Hall–Kier alpha value is -7.70. The molecule has 0 aliphatic carbocycles. The number of rotatable bonds is 13. The number of aromatic nitrogens is 4. The molecule has 4 aromatic carbocycles. The van der Waals surface area contributed by atoms with Crippen molar-refractivity contribution in [2.24, 2.45) is 0 Å². The van der Waals surface area contributed by atoms with Gasteiger partial charge in [-0.05, 0) is 68.8 Å². The summed E-state index contributed by atoms with van der Waals surface area (Å²) in [6.45, 7) is 9.50. The summed E-state index contributed by atoms with van der Waals surface area (Å²) in [4.78, 5) is 84.3. The number of carbonyl (C=O) groups excluding carboxylic acids is 4. The van der Waals surface area contributed by atoms with Gasteiger partial charge in [0.2, 0.25) is 11.8 Å². The van der Waals surface area contributed by atoms with E-state index in [1.54, 1.807) is 20.9 Å². The van der Waals surface area contributed by atoms with Crippen molar-refractivity contribution < 1.29 is 28.7 Å². The van der Waals surface area contributed by atoms with Crippen LogP contribution in [0.2, 0.25) is 0 Å². The van der Waals surface area contributed by atoms with E-state index in [9.17, 15) is 19.2 Å². The zero-order valence-electron chi connectivity index (χ0n) is 42.3. The molecule has 4 N–H and O–H groups in total. The Morgan fingerprint density at radius 1 is 0.676 bits per heavy atom. The van der Waals surface area contributed by atoms with E-state index in [1.807, 2.05) is 105 Å². The fraction of sp³-hybridized carbons (Fsp3) is 0.393. The number of H-pyrrole nitrogens is 2. The second kappa shape index (κ2) is 21.0. The highest BCUT2D eigenvalue weighted by atomic mass is 16.5. The third kappa shape index (κ3) is 9.90. The van der Waals surface area contributed by atoms with Crippen LogP contribution in [-0.2, 0) is 29.3 Å². The number of nitrogens with one attached hydrogen (secondary N) is 4. The van der Waals surface area contributed by atoms with E-state index in [1.165, 1.54) is 0 Å². The molecule has 0 spiro atoms. The predicted molar refractivity (Wildman–Crippen MR) is 279 cm³/mol. The van der Waals surface area contributed by atoms with Crippen molar-refractivity contribution >= 4 is 23.9 Å². The molecule has 6 amide bonds. The van der Waals surface area contributed by atoms with Crippen molar-refractivity contribution in [1.29, 1.82) is 0 Å². The molecule has 0 bridgehead atoms. The third-order valence-corrected chi connectivity index (χ3v) is 15.1. The smallest absolute Gasteiger partial charge is 0.318 e. The number of piperazine rings is 2. The summed E-state index contributed by atoms with van der Waals surface area (Å²) in [5.41, 5.74) is 8.83. The van der Waals surface area contributed by atoms with Gasteiger partial charge in [-0.2, -0.15) is 0 Å². The predicted octanol–water partition coefficient (Wildman–Crippen LogP) is 6.72.